The van der Waals surface area contributed by atoms with Gasteiger partial charge in [-0.3, -0.25) is 4.79 Å². The number of methoxy groups -OCH3 is 2. The van der Waals surface area contributed by atoms with Crippen molar-refractivity contribution in [2.75, 3.05) is 34.0 Å². The second-order valence-corrected chi connectivity index (χ2v) is 4.03. The monoisotopic (exact) mass is 252 g/mol. The van der Waals surface area contributed by atoms with Gasteiger partial charge in [0.25, 0.3) is 0 Å². The summed E-state index contributed by atoms with van der Waals surface area (Å²) < 4.78 is 15.4. The van der Waals surface area contributed by atoms with Crippen LogP contribution in [0.5, 0.6) is 5.75 Å². The Morgan fingerprint density at radius 1 is 1.22 bits per heavy atom. The topological polar surface area (TPSA) is 44.8 Å². The molecule has 0 spiro atoms. The zero-order valence-electron chi connectivity index (χ0n) is 11.2. The Balaban J connectivity index is 2.51. The number of ketones is 1. The number of carbonyl (C=O) groups excluding carboxylic acids is 1. The Morgan fingerprint density at radius 2 is 2.00 bits per heavy atom. The minimum absolute atomic E-state index is 0.0655. The van der Waals surface area contributed by atoms with Gasteiger partial charge in [0, 0.05) is 20.3 Å². The standard InChI is InChI=1S/C14H20O4/c1-11-5-6-12(14(9-11)17-3)13(15)10-18-8-4-7-16-2/h5-6,9H,4,7-8,10H2,1-3H3. The van der Waals surface area contributed by atoms with Crippen molar-refractivity contribution in [2.45, 2.75) is 13.3 Å². The molecular weight excluding hydrogens is 232 g/mol. The molecule has 0 aliphatic heterocycles. The molecule has 18 heavy (non-hydrogen) atoms. The summed E-state index contributed by atoms with van der Waals surface area (Å²) in [4.78, 5) is 11.9. The van der Waals surface area contributed by atoms with E-state index in [4.69, 9.17) is 14.2 Å². The molecule has 1 aromatic rings. The molecule has 0 aliphatic carbocycles. The van der Waals surface area contributed by atoms with E-state index in [2.05, 4.69) is 0 Å². The molecule has 0 N–H and O–H groups in total. The summed E-state index contributed by atoms with van der Waals surface area (Å²) in [5, 5.41) is 0. The third-order valence-corrected chi connectivity index (χ3v) is 2.53. The minimum Gasteiger partial charge on any atom is -0.496 e. The Bertz CT molecular complexity index is 387. The van der Waals surface area contributed by atoms with E-state index >= 15 is 0 Å². The normalized spacial score (nSPS) is 10.4. The van der Waals surface area contributed by atoms with Crippen molar-refractivity contribution in [1.82, 2.24) is 0 Å². The maximum Gasteiger partial charge on any atom is 0.192 e. The minimum atomic E-state index is -0.0655. The van der Waals surface area contributed by atoms with E-state index < -0.39 is 0 Å². The van der Waals surface area contributed by atoms with Gasteiger partial charge in [-0.25, -0.2) is 0 Å². The highest BCUT2D eigenvalue weighted by Gasteiger charge is 2.12. The summed E-state index contributed by atoms with van der Waals surface area (Å²) in [6, 6.07) is 5.51. The first kappa shape index (κ1) is 14.7. The van der Waals surface area contributed by atoms with Crippen LogP contribution >= 0.6 is 0 Å². The van der Waals surface area contributed by atoms with Crippen LogP contribution in [-0.2, 0) is 9.47 Å². The molecule has 0 heterocycles. The number of rotatable bonds is 8. The smallest absolute Gasteiger partial charge is 0.192 e. The van der Waals surface area contributed by atoms with Crippen molar-refractivity contribution in [1.29, 1.82) is 0 Å². The molecule has 0 aromatic heterocycles. The number of aryl methyl sites for hydroxylation is 1. The summed E-state index contributed by atoms with van der Waals surface area (Å²) in [7, 11) is 3.20. The Kier molecular flexibility index (Phi) is 6.39. The van der Waals surface area contributed by atoms with Crippen LogP contribution in [0.4, 0.5) is 0 Å². The van der Waals surface area contributed by atoms with Gasteiger partial charge in [0.1, 0.15) is 12.4 Å². The van der Waals surface area contributed by atoms with Crippen molar-refractivity contribution in [2.24, 2.45) is 0 Å². The maximum absolute atomic E-state index is 11.9. The third-order valence-electron chi connectivity index (χ3n) is 2.53. The van der Waals surface area contributed by atoms with Gasteiger partial charge >= 0.3 is 0 Å². The van der Waals surface area contributed by atoms with Crippen LogP contribution in [0.1, 0.15) is 22.3 Å². The fourth-order valence-electron chi connectivity index (χ4n) is 1.58. The van der Waals surface area contributed by atoms with Crippen molar-refractivity contribution in [3.05, 3.63) is 29.3 Å². The number of hydrogen-bond donors (Lipinski definition) is 0. The zero-order valence-corrected chi connectivity index (χ0v) is 11.2. The Morgan fingerprint density at radius 3 is 2.67 bits per heavy atom. The van der Waals surface area contributed by atoms with Crippen LogP contribution in [-0.4, -0.2) is 39.8 Å². The summed E-state index contributed by atoms with van der Waals surface area (Å²) in [5.74, 6) is 0.532. The van der Waals surface area contributed by atoms with Crippen LogP contribution in [0.15, 0.2) is 18.2 Å². The fourth-order valence-corrected chi connectivity index (χ4v) is 1.58. The number of hydrogen-bond acceptors (Lipinski definition) is 4. The second-order valence-electron chi connectivity index (χ2n) is 4.03. The van der Waals surface area contributed by atoms with Crippen molar-refractivity contribution >= 4 is 5.78 Å². The van der Waals surface area contributed by atoms with E-state index in [0.29, 0.717) is 24.5 Å². The summed E-state index contributed by atoms with van der Waals surface area (Å²) in [5.41, 5.74) is 1.62. The zero-order chi connectivity index (χ0) is 13.4. The molecule has 0 bridgehead atoms. The van der Waals surface area contributed by atoms with Crippen molar-refractivity contribution in [3.8, 4) is 5.75 Å². The molecule has 0 saturated heterocycles. The molecule has 1 rings (SSSR count). The van der Waals surface area contributed by atoms with E-state index in [-0.39, 0.29) is 12.4 Å². The Labute approximate surface area is 108 Å². The number of Topliss-reactive ketones (excluding diaryl/α,β-unsaturated/α-hetero) is 1. The molecule has 0 radical (unpaired) electrons. The first-order valence-electron chi connectivity index (χ1n) is 5.93. The van der Waals surface area contributed by atoms with E-state index in [9.17, 15) is 4.79 Å². The van der Waals surface area contributed by atoms with Crippen LogP contribution < -0.4 is 4.74 Å². The quantitative estimate of drug-likeness (QED) is 0.526. The van der Waals surface area contributed by atoms with Crippen LogP contribution in [0, 0.1) is 6.92 Å². The van der Waals surface area contributed by atoms with Gasteiger partial charge in [-0.05, 0) is 31.0 Å². The summed E-state index contributed by atoms with van der Waals surface area (Å²) >= 11 is 0. The fraction of sp³-hybridized carbons (Fsp3) is 0.500. The van der Waals surface area contributed by atoms with Crippen LogP contribution in [0.2, 0.25) is 0 Å². The highest BCUT2D eigenvalue weighted by atomic mass is 16.5. The number of benzene rings is 1. The summed E-state index contributed by atoms with van der Waals surface area (Å²) in [6.07, 6.45) is 0.787. The molecule has 0 unspecified atom stereocenters. The molecule has 0 amide bonds. The Hall–Kier alpha value is -1.39. The van der Waals surface area contributed by atoms with Gasteiger partial charge in [0.15, 0.2) is 5.78 Å². The maximum atomic E-state index is 11.9. The SMILES string of the molecule is COCCCOCC(=O)c1ccc(C)cc1OC. The lowest BCUT2D eigenvalue weighted by molar-refractivity contribution is 0.0702. The highest BCUT2D eigenvalue weighted by molar-refractivity contribution is 5.99. The first-order valence-corrected chi connectivity index (χ1v) is 5.93. The predicted molar refractivity (Wildman–Crippen MR) is 69.4 cm³/mol. The molecule has 1 aromatic carbocycles. The molecule has 0 atom stereocenters. The molecule has 0 fully saturated rings. The highest BCUT2D eigenvalue weighted by Crippen LogP contribution is 2.20. The largest absolute Gasteiger partial charge is 0.496 e. The summed E-state index contributed by atoms with van der Waals surface area (Å²) in [6.45, 7) is 3.19. The van der Waals surface area contributed by atoms with E-state index in [1.54, 1.807) is 20.3 Å². The van der Waals surface area contributed by atoms with Gasteiger partial charge in [0.2, 0.25) is 0 Å². The molecule has 4 heteroatoms. The molecule has 0 aliphatic rings. The number of carbonyl (C=O) groups is 1. The van der Waals surface area contributed by atoms with E-state index in [1.165, 1.54) is 0 Å². The second kappa shape index (κ2) is 7.84. The predicted octanol–water partition coefficient (Wildman–Crippen LogP) is 2.24. The van der Waals surface area contributed by atoms with Crippen LogP contribution in [0.25, 0.3) is 0 Å². The average Bonchev–Trinajstić information content (AvgIpc) is 2.38. The first-order chi connectivity index (χ1) is 8.69. The van der Waals surface area contributed by atoms with Crippen molar-refractivity contribution in [3.63, 3.8) is 0 Å². The van der Waals surface area contributed by atoms with Gasteiger partial charge in [0.05, 0.1) is 12.7 Å². The molecule has 4 nitrogen and oxygen atoms in total. The molecular formula is C14H20O4. The van der Waals surface area contributed by atoms with Crippen LogP contribution in [0.3, 0.4) is 0 Å². The van der Waals surface area contributed by atoms with Crippen molar-refractivity contribution < 1.29 is 19.0 Å². The van der Waals surface area contributed by atoms with E-state index in [0.717, 1.165) is 12.0 Å². The lowest BCUT2D eigenvalue weighted by atomic mass is 10.1. The lowest BCUT2D eigenvalue weighted by Crippen LogP contribution is -2.12. The third kappa shape index (κ3) is 4.47. The average molecular weight is 252 g/mol. The molecule has 0 saturated carbocycles. The van der Waals surface area contributed by atoms with E-state index in [1.807, 2.05) is 19.1 Å². The van der Waals surface area contributed by atoms with Gasteiger partial charge in [-0.1, -0.05) is 6.07 Å². The lowest BCUT2D eigenvalue weighted by Gasteiger charge is -2.09. The molecule has 100 valence electrons. The van der Waals surface area contributed by atoms with Gasteiger partial charge in [-0.2, -0.15) is 0 Å². The van der Waals surface area contributed by atoms with Gasteiger partial charge < -0.3 is 14.2 Å². The van der Waals surface area contributed by atoms with Gasteiger partial charge in [-0.15, -0.1) is 0 Å². The number of ether oxygens (including phenoxy) is 3.